The summed E-state index contributed by atoms with van der Waals surface area (Å²) in [5, 5.41) is 4.62. The third-order valence-electron chi connectivity index (χ3n) is 5.38. The van der Waals surface area contributed by atoms with Crippen molar-refractivity contribution in [2.24, 2.45) is 4.99 Å². The molecule has 0 saturated carbocycles. The Kier molecular flexibility index (Phi) is 6.51. The van der Waals surface area contributed by atoms with Gasteiger partial charge in [0.2, 0.25) is 0 Å². The molecular weight excluding hydrogens is 475 g/mol. The van der Waals surface area contributed by atoms with E-state index in [1.807, 2.05) is 4.90 Å². The van der Waals surface area contributed by atoms with E-state index in [0.717, 1.165) is 11.5 Å². The fourth-order valence-electron chi connectivity index (χ4n) is 3.46. The van der Waals surface area contributed by atoms with Crippen molar-refractivity contribution in [2.75, 3.05) is 25.9 Å². The van der Waals surface area contributed by atoms with Crippen molar-refractivity contribution < 1.29 is 8.42 Å². The van der Waals surface area contributed by atoms with Gasteiger partial charge in [0.25, 0.3) is 0 Å². The largest absolute Gasteiger partial charge is 0.358 e. The first-order chi connectivity index (χ1) is 12.1. The predicted octanol–water partition coefficient (Wildman–Crippen LogP) is 2.99. The van der Waals surface area contributed by atoms with Gasteiger partial charge in [-0.3, -0.25) is 4.99 Å². The van der Waals surface area contributed by atoms with Crippen LogP contribution < -0.4 is 5.32 Å². The summed E-state index contributed by atoms with van der Waals surface area (Å²) in [5.41, 5.74) is 4.78. The van der Waals surface area contributed by atoms with E-state index in [2.05, 4.69) is 47.3 Å². The van der Waals surface area contributed by atoms with Gasteiger partial charge in [0.15, 0.2) is 15.8 Å². The molecule has 1 aromatic heterocycles. The van der Waals surface area contributed by atoms with E-state index in [4.69, 9.17) is 0 Å². The minimum Gasteiger partial charge on any atom is -0.358 e. The van der Waals surface area contributed by atoms with Gasteiger partial charge < -0.3 is 15.2 Å². The Morgan fingerprint density at radius 3 is 2.67 bits per heavy atom. The number of benzene rings is 1. The molecule has 0 spiro atoms. The van der Waals surface area contributed by atoms with Gasteiger partial charge in [-0.1, -0.05) is 6.07 Å². The van der Waals surface area contributed by atoms with E-state index in [9.17, 15) is 8.42 Å². The summed E-state index contributed by atoms with van der Waals surface area (Å²) in [5.74, 6) is 0.907. The number of hydrogen-bond donors (Lipinski definition) is 2. The summed E-state index contributed by atoms with van der Waals surface area (Å²) < 4.78 is 23.7. The summed E-state index contributed by atoms with van der Waals surface area (Å²) in [6.07, 6.45) is 0. The first-order valence-corrected chi connectivity index (χ1v) is 10.6. The Labute approximate surface area is 178 Å². The molecule has 0 aliphatic carbocycles. The lowest BCUT2D eigenvalue weighted by molar-refractivity contribution is 0.353. The number of H-pyrrole nitrogens is 1. The van der Waals surface area contributed by atoms with Crippen molar-refractivity contribution in [3.8, 4) is 0 Å². The van der Waals surface area contributed by atoms with Crippen molar-refractivity contribution >= 4 is 50.7 Å². The second kappa shape index (κ2) is 7.98. The van der Waals surface area contributed by atoms with Crippen molar-refractivity contribution in [3.05, 3.63) is 35.0 Å². The van der Waals surface area contributed by atoms with Crippen LogP contribution in [-0.2, 0) is 16.4 Å². The first kappa shape index (κ1) is 22.0. The lowest BCUT2D eigenvalue weighted by Gasteiger charge is -2.39. The third-order valence-corrected chi connectivity index (χ3v) is 7.91. The highest BCUT2D eigenvalue weighted by Gasteiger charge is 2.40. The van der Waals surface area contributed by atoms with E-state index in [-0.39, 0.29) is 29.7 Å². The van der Waals surface area contributed by atoms with Crippen molar-refractivity contribution in [1.82, 2.24) is 15.2 Å². The van der Waals surface area contributed by atoms with E-state index < -0.39 is 14.6 Å². The molecule has 1 aliphatic rings. The number of rotatable bonds is 2. The summed E-state index contributed by atoms with van der Waals surface area (Å²) in [6, 6.07) is 6.40. The number of aromatic nitrogens is 1. The van der Waals surface area contributed by atoms with Crippen LogP contribution in [0.1, 0.15) is 30.7 Å². The van der Waals surface area contributed by atoms with Crippen LogP contribution in [0.3, 0.4) is 0 Å². The number of fused-ring (bicyclic) bond motifs is 1. The number of guanidine groups is 1. The molecule has 0 unspecified atom stereocenters. The van der Waals surface area contributed by atoms with Gasteiger partial charge in [0.05, 0.1) is 10.5 Å². The molecule has 3 rings (SSSR count). The van der Waals surface area contributed by atoms with Crippen LogP contribution in [0, 0.1) is 13.8 Å². The van der Waals surface area contributed by atoms with Crippen LogP contribution in [0.25, 0.3) is 10.9 Å². The summed E-state index contributed by atoms with van der Waals surface area (Å²) in [4.78, 5) is 9.78. The monoisotopic (exact) mass is 504 g/mol. The highest BCUT2D eigenvalue weighted by molar-refractivity contribution is 14.0. The molecule has 0 atom stereocenters. The molecule has 0 bridgehead atoms. The molecule has 2 aromatic rings. The number of sulfone groups is 1. The zero-order valence-corrected chi connectivity index (χ0v) is 19.7. The van der Waals surface area contributed by atoms with Crippen molar-refractivity contribution in [2.45, 2.75) is 39.0 Å². The Morgan fingerprint density at radius 1 is 1.33 bits per heavy atom. The molecule has 8 heteroatoms. The number of aromatic amines is 1. The normalized spacial score (nSPS) is 19.0. The van der Waals surface area contributed by atoms with Gasteiger partial charge in [-0.15, -0.1) is 24.0 Å². The molecule has 0 amide bonds. The Balaban J connectivity index is 0.00000261. The van der Waals surface area contributed by atoms with Gasteiger partial charge in [-0.05, 0) is 51.0 Å². The predicted molar refractivity (Wildman–Crippen MR) is 123 cm³/mol. The van der Waals surface area contributed by atoms with Crippen LogP contribution >= 0.6 is 24.0 Å². The van der Waals surface area contributed by atoms with Gasteiger partial charge in [-0.2, -0.15) is 0 Å². The Bertz CT molecular complexity index is 963. The van der Waals surface area contributed by atoms with Crippen molar-refractivity contribution in [3.63, 3.8) is 0 Å². The fourth-order valence-corrected chi connectivity index (χ4v) is 4.82. The lowest BCUT2D eigenvalue weighted by Crippen LogP contribution is -2.57. The fraction of sp³-hybridized carbons (Fsp3) is 0.526. The smallest absolute Gasteiger partial charge is 0.193 e. The molecule has 1 aliphatic heterocycles. The average molecular weight is 504 g/mol. The molecule has 2 heterocycles. The first-order valence-electron chi connectivity index (χ1n) is 8.90. The van der Waals surface area contributed by atoms with E-state index in [0.29, 0.717) is 19.6 Å². The second-order valence-corrected chi connectivity index (χ2v) is 10.4. The van der Waals surface area contributed by atoms with Gasteiger partial charge in [0, 0.05) is 43.3 Å². The van der Waals surface area contributed by atoms with Crippen LogP contribution in [0.15, 0.2) is 23.2 Å². The Hall–Kier alpha value is -1.29. The van der Waals surface area contributed by atoms with E-state index in [1.54, 1.807) is 20.9 Å². The molecule has 1 saturated heterocycles. The van der Waals surface area contributed by atoms with Gasteiger partial charge in [0.1, 0.15) is 0 Å². The van der Waals surface area contributed by atoms with Crippen LogP contribution in [-0.4, -0.2) is 54.9 Å². The highest BCUT2D eigenvalue weighted by Crippen LogP contribution is 2.24. The SMILES string of the molecule is CN=C(NCc1ccc2[nH]c(C)c(C)c2c1)N1CCS(=O)(=O)C(C)(C)C1.I. The van der Waals surface area contributed by atoms with Crippen LogP contribution in [0.5, 0.6) is 0 Å². The van der Waals surface area contributed by atoms with Crippen LogP contribution in [0.4, 0.5) is 0 Å². The summed E-state index contributed by atoms with van der Waals surface area (Å²) in [6.45, 7) is 9.35. The quantitative estimate of drug-likeness (QED) is 0.375. The summed E-state index contributed by atoms with van der Waals surface area (Å²) in [7, 11) is -1.32. The molecular formula is C19H29IN4O2S. The molecule has 27 heavy (non-hydrogen) atoms. The molecule has 6 nitrogen and oxygen atoms in total. The number of nitrogens with zero attached hydrogens (tertiary/aromatic N) is 2. The van der Waals surface area contributed by atoms with E-state index in [1.165, 1.54) is 22.2 Å². The molecule has 2 N–H and O–H groups in total. The maximum atomic E-state index is 12.2. The number of nitrogens with one attached hydrogen (secondary N) is 2. The maximum absolute atomic E-state index is 12.2. The zero-order valence-electron chi connectivity index (χ0n) is 16.6. The molecule has 150 valence electrons. The maximum Gasteiger partial charge on any atom is 0.193 e. The average Bonchev–Trinajstić information content (AvgIpc) is 2.86. The lowest BCUT2D eigenvalue weighted by atomic mass is 10.1. The standard InChI is InChI=1S/C19H28N4O2S.HI/c1-13-14(2)22-17-7-6-15(10-16(13)17)11-21-18(20-5)23-8-9-26(24,25)19(3,4)12-23;/h6-7,10,22H,8-9,11-12H2,1-5H3,(H,20,21);1H. The van der Waals surface area contributed by atoms with Crippen molar-refractivity contribution in [1.29, 1.82) is 0 Å². The molecule has 1 fully saturated rings. The molecule has 0 radical (unpaired) electrons. The molecule has 1 aromatic carbocycles. The summed E-state index contributed by atoms with van der Waals surface area (Å²) >= 11 is 0. The second-order valence-electron chi connectivity index (χ2n) is 7.66. The zero-order chi connectivity index (χ0) is 19.1. The van der Waals surface area contributed by atoms with Gasteiger partial charge in [-0.25, -0.2) is 8.42 Å². The van der Waals surface area contributed by atoms with E-state index >= 15 is 0 Å². The number of hydrogen-bond acceptors (Lipinski definition) is 3. The Morgan fingerprint density at radius 2 is 2.04 bits per heavy atom. The van der Waals surface area contributed by atoms with Crippen LogP contribution in [0.2, 0.25) is 0 Å². The minimum absolute atomic E-state index is 0. The number of aryl methyl sites for hydroxylation is 2. The van der Waals surface area contributed by atoms with Gasteiger partial charge >= 0.3 is 0 Å². The number of aliphatic imine (C=N–C) groups is 1. The third kappa shape index (κ3) is 4.26. The highest BCUT2D eigenvalue weighted by atomic mass is 127. The minimum atomic E-state index is -3.06. The topological polar surface area (TPSA) is 77.6 Å². The number of halogens is 1.